The number of H-pyrrole nitrogens is 1. The van der Waals surface area contributed by atoms with E-state index in [1.165, 1.54) is 0 Å². The Hall–Kier alpha value is -1.45. The minimum Gasteiger partial charge on any atom is -0.306 e. The van der Waals surface area contributed by atoms with Crippen molar-refractivity contribution in [3.8, 4) is 11.4 Å². The van der Waals surface area contributed by atoms with Gasteiger partial charge in [0.2, 0.25) is 0 Å². The molecule has 0 atom stereocenters. The van der Waals surface area contributed by atoms with Gasteiger partial charge in [0.1, 0.15) is 11.6 Å². The molecule has 0 aliphatic heterocycles. The standard InChI is InChI=1S/C13H9F4IN2O/c1-2-9-10(18)12(21)20-11(19-9)7-5-6(14)3-4-8(7)13(15,16)17/h3-5H,2H2,1H3,(H,19,20,21). The molecule has 0 saturated carbocycles. The Labute approximate surface area is 130 Å². The fourth-order valence-corrected chi connectivity index (χ4v) is 2.46. The highest BCUT2D eigenvalue weighted by Crippen LogP contribution is 2.36. The number of alkyl halides is 3. The van der Waals surface area contributed by atoms with E-state index in [1.54, 1.807) is 29.5 Å². The van der Waals surface area contributed by atoms with Gasteiger partial charge in [0, 0.05) is 5.56 Å². The van der Waals surface area contributed by atoms with Crippen LogP contribution in [0.4, 0.5) is 17.6 Å². The van der Waals surface area contributed by atoms with Crippen molar-refractivity contribution in [2.45, 2.75) is 19.5 Å². The third-order valence-electron chi connectivity index (χ3n) is 2.81. The quantitative estimate of drug-likeness (QED) is 0.604. The zero-order chi connectivity index (χ0) is 15.8. The smallest absolute Gasteiger partial charge is 0.306 e. The van der Waals surface area contributed by atoms with Gasteiger partial charge in [-0.3, -0.25) is 4.79 Å². The second kappa shape index (κ2) is 5.74. The molecule has 0 amide bonds. The maximum Gasteiger partial charge on any atom is 0.417 e. The van der Waals surface area contributed by atoms with Crippen LogP contribution in [0.5, 0.6) is 0 Å². The van der Waals surface area contributed by atoms with Crippen molar-refractivity contribution in [3.63, 3.8) is 0 Å². The van der Waals surface area contributed by atoms with Crippen molar-refractivity contribution in [1.29, 1.82) is 0 Å². The lowest BCUT2D eigenvalue weighted by Gasteiger charge is -2.13. The van der Waals surface area contributed by atoms with Crippen molar-refractivity contribution in [2.75, 3.05) is 0 Å². The van der Waals surface area contributed by atoms with Crippen LogP contribution in [0.1, 0.15) is 18.2 Å². The first-order valence-electron chi connectivity index (χ1n) is 5.89. The molecular formula is C13H9F4IN2O. The molecule has 1 aromatic heterocycles. The fraction of sp³-hybridized carbons (Fsp3) is 0.231. The number of hydrogen-bond acceptors (Lipinski definition) is 2. The number of aromatic nitrogens is 2. The Morgan fingerprint density at radius 1 is 1.33 bits per heavy atom. The molecule has 0 bridgehead atoms. The van der Waals surface area contributed by atoms with Crippen LogP contribution < -0.4 is 5.56 Å². The highest BCUT2D eigenvalue weighted by atomic mass is 127. The number of rotatable bonds is 2. The van der Waals surface area contributed by atoms with E-state index in [-0.39, 0.29) is 5.82 Å². The Morgan fingerprint density at radius 3 is 2.57 bits per heavy atom. The van der Waals surface area contributed by atoms with Gasteiger partial charge in [0.25, 0.3) is 5.56 Å². The lowest BCUT2D eigenvalue weighted by molar-refractivity contribution is -0.137. The molecule has 1 heterocycles. The molecule has 0 radical (unpaired) electrons. The maximum atomic E-state index is 13.3. The van der Waals surface area contributed by atoms with Crippen molar-refractivity contribution in [3.05, 3.63) is 49.2 Å². The summed E-state index contributed by atoms with van der Waals surface area (Å²) in [6, 6.07) is 2.07. The number of halogens is 5. The molecule has 1 aromatic carbocycles. The molecule has 0 unspecified atom stereocenters. The van der Waals surface area contributed by atoms with Crippen LogP contribution in [0.2, 0.25) is 0 Å². The van der Waals surface area contributed by atoms with E-state index in [0.29, 0.717) is 27.8 Å². The van der Waals surface area contributed by atoms with Gasteiger partial charge in [-0.1, -0.05) is 6.92 Å². The van der Waals surface area contributed by atoms with Gasteiger partial charge in [-0.15, -0.1) is 0 Å². The molecule has 2 rings (SSSR count). The maximum absolute atomic E-state index is 13.3. The highest BCUT2D eigenvalue weighted by Gasteiger charge is 2.34. The molecule has 3 nitrogen and oxygen atoms in total. The topological polar surface area (TPSA) is 45.8 Å². The summed E-state index contributed by atoms with van der Waals surface area (Å²) < 4.78 is 52.6. The van der Waals surface area contributed by atoms with E-state index in [2.05, 4.69) is 9.97 Å². The second-order valence-corrected chi connectivity index (χ2v) is 5.30. The van der Waals surface area contributed by atoms with Gasteiger partial charge in [0.05, 0.1) is 14.8 Å². The molecule has 112 valence electrons. The molecule has 2 aromatic rings. The highest BCUT2D eigenvalue weighted by molar-refractivity contribution is 14.1. The van der Waals surface area contributed by atoms with Gasteiger partial charge < -0.3 is 4.98 Å². The molecule has 0 spiro atoms. The van der Waals surface area contributed by atoms with E-state index in [9.17, 15) is 22.4 Å². The molecule has 0 aliphatic rings. The van der Waals surface area contributed by atoms with E-state index >= 15 is 0 Å². The number of hydrogen-bond donors (Lipinski definition) is 1. The predicted molar refractivity (Wildman–Crippen MR) is 77.3 cm³/mol. The van der Waals surface area contributed by atoms with Crippen molar-refractivity contribution in [2.24, 2.45) is 0 Å². The number of benzene rings is 1. The monoisotopic (exact) mass is 412 g/mol. The van der Waals surface area contributed by atoms with Gasteiger partial charge in [0.15, 0.2) is 0 Å². The average molecular weight is 412 g/mol. The van der Waals surface area contributed by atoms with Crippen molar-refractivity contribution < 1.29 is 17.6 Å². The molecule has 0 fully saturated rings. The Balaban J connectivity index is 2.75. The predicted octanol–water partition coefficient (Wildman–Crippen LogP) is 3.76. The van der Waals surface area contributed by atoms with Crippen LogP contribution in [0.25, 0.3) is 11.4 Å². The minimum atomic E-state index is -4.67. The van der Waals surface area contributed by atoms with Gasteiger partial charge in [-0.25, -0.2) is 9.37 Å². The summed E-state index contributed by atoms with van der Waals surface area (Å²) in [7, 11) is 0. The summed E-state index contributed by atoms with van der Waals surface area (Å²) >= 11 is 1.77. The number of aryl methyl sites for hydroxylation is 1. The molecular weight excluding hydrogens is 403 g/mol. The number of nitrogens with zero attached hydrogens (tertiary/aromatic N) is 1. The minimum absolute atomic E-state index is 0.288. The normalized spacial score (nSPS) is 11.7. The summed E-state index contributed by atoms with van der Waals surface area (Å²) in [6.07, 6.45) is -4.29. The van der Waals surface area contributed by atoms with Crippen LogP contribution in [-0.4, -0.2) is 9.97 Å². The van der Waals surface area contributed by atoms with Crippen molar-refractivity contribution >= 4 is 22.6 Å². The van der Waals surface area contributed by atoms with Gasteiger partial charge >= 0.3 is 6.18 Å². The third-order valence-corrected chi connectivity index (χ3v) is 3.92. The molecule has 0 saturated heterocycles. The van der Waals surface area contributed by atoms with Crippen molar-refractivity contribution in [1.82, 2.24) is 9.97 Å². The summed E-state index contributed by atoms with van der Waals surface area (Å²) in [4.78, 5) is 18.0. The zero-order valence-corrected chi connectivity index (χ0v) is 12.8. The third kappa shape index (κ3) is 3.25. The first kappa shape index (κ1) is 15.9. The molecule has 21 heavy (non-hydrogen) atoms. The molecule has 0 aliphatic carbocycles. The first-order chi connectivity index (χ1) is 9.74. The van der Waals surface area contributed by atoms with Crippen LogP contribution in [-0.2, 0) is 12.6 Å². The van der Waals surface area contributed by atoms with Crippen LogP contribution in [0.3, 0.4) is 0 Å². The SMILES string of the molecule is CCc1nc(-c2cc(F)ccc2C(F)(F)F)[nH]c(=O)c1I. The summed E-state index contributed by atoms with van der Waals surface area (Å²) in [5.74, 6) is -1.12. The average Bonchev–Trinajstić information content (AvgIpc) is 2.40. The lowest BCUT2D eigenvalue weighted by atomic mass is 10.1. The number of nitrogens with one attached hydrogen (secondary N) is 1. The molecule has 1 N–H and O–H groups in total. The summed E-state index contributed by atoms with van der Waals surface area (Å²) in [5, 5.41) is 0. The fourth-order valence-electron chi connectivity index (χ4n) is 1.83. The lowest BCUT2D eigenvalue weighted by Crippen LogP contribution is -2.17. The summed E-state index contributed by atoms with van der Waals surface area (Å²) in [5.41, 5.74) is -1.71. The zero-order valence-electron chi connectivity index (χ0n) is 10.7. The molecule has 8 heteroatoms. The second-order valence-electron chi connectivity index (χ2n) is 4.22. The van der Waals surface area contributed by atoms with Crippen LogP contribution in [0, 0.1) is 9.39 Å². The van der Waals surface area contributed by atoms with E-state index in [1.807, 2.05) is 0 Å². The largest absolute Gasteiger partial charge is 0.417 e. The number of aromatic amines is 1. The Bertz CT molecular complexity index is 740. The van der Waals surface area contributed by atoms with E-state index in [0.717, 1.165) is 6.07 Å². The van der Waals surface area contributed by atoms with Crippen LogP contribution >= 0.6 is 22.6 Å². The summed E-state index contributed by atoms with van der Waals surface area (Å²) in [6.45, 7) is 1.73. The van der Waals surface area contributed by atoms with Gasteiger partial charge in [-0.2, -0.15) is 13.2 Å². The van der Waals surface area contributed by atoms with Gasteiger partial charge in [-0.05, 0) is 47.2 Å². The Kier molecular flexibility index (Phi) is 4.35. The van der Waals surface area contributed by atoms with E-state index in [4.69, 9.17) is 0 Å². The van der Waals surface area contributed by atoms with Crippen LogP contribution in [0.15, 0.2) is 23.0 Å². The van der Waals surface area contributed by atoms with E-state index < -0.39 is 28.7 Å². The Morgan fingerprint density at radius 2 is 2.00 bits per heavy atom. The first-order valence-corrected chi connectivity index (χ1v) is 6.97.